The number of ether oxygens (including phenoxy) is 1. The summed E-state index contributed by atoms with van der Waals surface area (Å²) in [4.78, 5) is 0.289. The van der Waals surface area contributed by atoms with E-state index in [1.54, 1.807) is 18.2 Å². The van der Waals surface area contributed by atoms with E-state index in [1.807, 2.05) is 12.1 Å². The van der Waals surface area contributed by atoms with Gasteiger partial charge in [-0.05, 0) is 48.2 Å². The maximum Gasteiger partial charge on any atom is 0.139 e. The van der Waals surface area contributed by atoms with Gasteiger partial charge in [0.15, 0.2) is 0 Å². The van der Waals surface area contributed by atoms with Gasteiger partial charge in [-0.3, -0.25) is 0 Å². The van der Waals surface area contributed by atoms with Crippen molar-refractivity contribution < 1.29 is 4.74 Å². The zero-order valence-electron chi connectivity index (χ0n) is 12.3. The van der Waals surface area contributed by atoms with Crippen LogP contribution in [0.5, 0.6) is 11.5 Å². The number of rotatable bonds is 4. The Morgan fingerprint density at radius 1 is 1.19 bits per heavy atom. The second-order valence-corrected chi connectivity index (χ2v) is 6.16. The van der Waals surface area contributed by atoms with E-state index < -0.39 is 0 Å². The molecule has 2 rings (SSSR count). The third-order valence-electron chi connectivity index (χ3n) is 3.30. The molecule has 110 valence electrons. The van der Waals surface area contributed by atoms with Gasteiger partial charge < -0.3 is 10.5 Å². The van der Waals surface area contributed by atoms with E-state index >= 15 is 0 Å². The molecule has 2 aromatic carbocycles. The second kappa shape index (κ2) is 6.46. The summed E-state index contributed by atoms with van der Waals surface area (Å²) in [5.41, 5.74) is 8.91. The topological polar surface area (TPSA) is 35.2 Å². The summed E-state index contributed by atoms with van der Waals surface area (Å²) in [7, 11) is 0. The molecule has 0 spiro atoms. The molecule has 0 aliphatic rings. The van der Waals surface area contributed by atoms with Gasteiger partial charge in [-0.25, -0.2) is 0 Å². The van der Waals surface area contributed by atoms with Gasteiger partial charge in [0.05, 0.1) is 5.56 Å². The van der Waals surface area contributed by atoms with Gasteiger partial charge in [0, 0.05) is 11.1 Å². The molecule has 4 heteroatoms. The Labute approximate surface area is 135 Å². The quantitative estimate of drug-likeness (QED) is 0.787. The fourth-order valence-corrected chi connectivity index (χ4v) is 2.60. The Morgan fingerprint density at radius 3 is 2.48 bits per heavy atom. The highest BCUT2D eigenvalue weighted by Gasteiger charge is 2.10. The zero-order valence-corrected chi connectivity index (χ0v) is 13.9. The largest absolute Gasteiger partial charge is 0.457 e. The van der Waals surface area contributed by atoms with Crippen LogP contribution in [0, 0.1) is 6.92 Å². The fourth-order valence-electron chi connectivity index (χ4n) is 2.27. The number of nitrogens with two attached hydrogens (primary N) is 1. The van der Waals surface area contributed by atoms with E-state index in [4.69, 9.17) is 34.3 Å². The normalized spacial score (nSPS) is 10.7. The van der Waals surface area contributed by atoms with E-state index in [0.717, 1.165) is 5.75 Å². The molecule has 0 saturated carbocycles. The molecule has 0 radical (unpaired) electrons. The molecule has 21 heavy (non-hydrogen) atoms. The molecule has 0 aliphatic carbocycles. The average Bonchev–Trinajstić information content (AvgIpc) is 2.37. The van der Waals surface area contributed by atoms with Crippen LogP contribution in [-0.4, -0.2) is 4.99 Å². The van der Waals surface area contributed by atoms with Crippen LogP contribution in [-0.2, 0) is 0 Å². The number of aryl methyl sites for hydroxylation is 1. The Bertz CT molecular complexity index is 682. The first-order chi connectivity index (χ1) is 9.88. The zero-order chi connectivity index (χ0) is 15.6. The van der Waals surface area contributed by atoms with E-state index in [2.05, 4.69) is 26.8 Å². The van der Waals surface area contributed by atoms with Crippen LogP contribution < -0.4 is 10.5 Å². The second-order valence-electron chi connectivity index (χ2n) is 5.28. The number of thiocarbonyl (C=S) groups is 1. The highest BCUT2D eigenvalue weighted by molar-refractivity contribution is 7.80. The first-order valence-electron chi connectivity index (χ1n) is 6.76. The summed E-state index contributed by atoms with van der Waals surface area (Å²) < 4.78 is 5.92. The summed E-state index contributed by atoms with van der Waals surface area (Å²) in [6, 6.07) is 11.3. The van der Waals surface area contributed by atoms with Crippen LogP contribution in [0.2, 0.25) is 5.02 Å². The minimum absolute atomic E-state index is 0.289. The summed E-state index contributed by atoms with van der Waals surface area (Å²) in [6.45, 7) is 6.42. The number of benzene rings is 2. The predicted octanol–water partition coefficient (Wildman–Crippen LogP) is 5.20. The minimum atomic E-state index is 0.289. The lowest BCUT2D eigenvalue weighted by Crippen LogP contribution is -2.10. The van der Waals surface area contributed by atoms with Crippen molar-refractivity contribution in [2.75, 3.05) is 0 Å². The fraction of sp³-hybridized carbons (Fsp3) is 0.235. The van der Waals surface area contributed by atoms with Crippen molar-refractivity contribution in [2.45, 2.75) is 26.7 Å². The molecule has 0 atom stereocenters. The van der Waals surface area contributed by atoms with Crippen molar-refractivity contribution in [3.8, 4) is 11.5 Å². The summed E-state index contributed by atoms with van der Waals surface area (Å²) >= 11 is 11.1. The summed E-state index contributed by atoms with van der Waals surface area (Å²) in [5, 5.41) is 0.584. The van der Waals surface area contributed by atoms with Crippen molar-refractivity contribution in [3.05, 3.63) is 58.1 Å². The van der Waals surface area contributed by atoms with Crippen LogP contribution in [0.25, 0.3) is 0 Å². The molecule has 0 saturated heterocycles. The van der Waals surface area contributed by atoms with E-state index in [9.17, 15) is 0 Å². The lowest BCUT2D eigenvalue weighted by atomic mass is 9.98. The first kappa shape index (κ1) is 15.8. The van der Waals surface area contributed by atoms with Gasteiger partial charge in [-0.2, -0.15) is 0 Å². The van der Waals surface area contributed by atoms with Gasteiger partial charge in [0.1, 0.15) is 16.5 Å². The molecule has 2 nitrogen and oxygen atoms in total. The number of hydrogen-bond acceptors (Lipinski definition) is 2. The first-order valence-corrected chi connectivity index (χ1v) is 7.55. The maximum atomic E-state index is 6.02. The van der Waals surface area contributed by atoms with Crippen LogP contribution in [0.3, 0.4) is 0 Å². The minimum Gasteiger partial charge on any atom is -0.457 e. The smallest absolute Gasteiger partial charge is 0.139 e. The number of halogens is 1. The van der Waals surface area contributed by atoms with Crippen molar-refractivity contribution in [1.82, 2.24) is 0 Å². The average molecular weight is 320 g/mol. The Hall–Kier alpha value is -1.58. The maximum absolute atomic E-state index is 6.02. The summed E-state index contributed by atoms with van der Waals surface area (Å²) in [5.74, 6) is 1.81. The molecule has 0 unspecified atom stereocenters. The third kappa shape index (κ3) is 3.74. The van der Waals surface area contributed by atoms with Crippen LogP contribution in [0.15, 0.2) is 36.4 Å². The van der Waals surface area contributed by atoms with Crippen LogP contribution >= 0.6 is 23.8 Å². The monoisotopic (exact) mass is 319 g/mol. The highest BCUT2D eigenvalue weighted by atomic mass is 35.5. The van der Waals surface area contributed by atoms with Crippen LogP contribution in [0.1, 0.15) is 36.5 Å². The molecule has 0 aromatic heterocycles. The molecular weight excluding hydrogens is 302 g/mol. The van der Waals surface area contributed by atoms with Crippen LogP contribution in [0.4, 0.5) is 0 Å². The molecule has 2 N–H and O–H groups in total. The molecule has 0 fully saturated rings. The van der Waals surface area contributed by atoms with E-state index in [0.29, 0.717) is 22.3 Å². The highest BCUT2D eigenvalue weighted by Crippen LogP contribution is 2.31. The van der Waals surface area contributed by atoms with Crippen molar-refractivity contribution in [2.24, 2.45) is 5.73 Å². The summed E-state index contributed by atoms with van der Waals surface area (Å²) in [6.07, 6.45) is 0. The molecule has 2 aromatic rings. The van der Waals surface area contributed by atoms with E-state index in [1.165, 1.54) is 11.1 Å². The molecule has 0 bridgehead atoms. The third-order valence-corrected chi connectivity index (χ3v) is 3.76. The van der Waals surface area contributed by atoms with E-state index in [-0.39, 0.29) is 4.99 Å². The molecular formula is C17H18ClNOS. The lowest BCUT2D eigenvalue weighted by Gasteiger charge is -2.14. The predicted molar refractivity (Wildman–Crippen MR) is 92.7 cm³/mol. The Morgan fingerprint density at radius 2 is 1.90 bits per heavy atom. The van der Waals surface area contributed by atoms with Crippen molar-refractivity contribution in [3.63, 3.8) is 0 Å². The van der Waals surface area contributed by atoms with Gasteiger partial charge in [0.2, 0.25) is 0 Å². The molecule has 0 heterocycles. The van der Waals surface area contributed by atoms with Crippen molar-refractivity contribution >= 4 is 28.8 Å². The van der Waals surface area contributed by atoms with Crippen molar-refractivity contribution in [1.29, 1.82) is 0 Å². The Balaban J connectivity index is 2.36. The van der Waals surface area contributed by atoms with Gasteiger partial charge in [0.25, 0.3) is 0 Å². The van der Waals surface area contributed by atoms with Gasteiger partial charge >= 0.3 is 0 Å². The van der Waals surface area contributed by atoms with Gasteiger partial charge in [-0.15, -0.1) is 0 Å². The van der Waals surface area contributed by atoms with Gasteiger partial charge in [-0.1, -0.05) is 43.7 Å². The standard InChI is InChI=1S/C17H18ClNOS/c1-10(2)14-7-5-13(8-11(14)3)20-16-9-12(18)4-6-15(16)17(19)21/h4-10H,1-3H3,(H2,19,21). The SMILES string of the molecule is Cc1cc(Oc2cc(Cl)ccc2C(N)=S)ccc1C(C)C. The Kier molecular flexibility index (Phi) is 4.86. The lowest BCUT2D eigenvalue weighted by molar-refractivity contribution is 0.481. The molecule has 0 aliphatic heterocycles. The molecule has 0 amide bonds. The number of hydrogen-bond donors (Lipinski definition) is 1.